The first-order valence-electron chi connectivity index (χ1n) is 9.52. The molecule has 4 nitrogen and oxygen atoms in total. The Morgan fingerprint density at radius 2 is 1.75 bits per heavy atom. The average Bonchev–Trinajstić information content (AvgIpc) is 3.32. The number of hydrogen-bond donors (Lipinski definition) is 2. The molecule has 0 aromatic carbocycles. The van der Waals surface area contributed by atoms with Gasteiger partial charge in [0.1, 0.15) is 12.2 Å². The van der Waals surface area contributed by atoms with E-state index in [0.29, 0.717) is 0 Å². The highest BCUT2D eigenvalue weighted by molar-refractivity contribution is 5.66. The molecule has 138 valence electrons. The predicted molar refractivity (Wildman–Crippen MR) is 97.0 cm³/mol. The molecule has 0 amide bonds. The van der Waals surface area contributed by atoms with E-state index in [1.807, 2.05) is 12.2 Å². The van der Waals surface area contributed by atoms with Gasteiger partial charge < -0.3 is 14.9 Å². The lowest BCUT2D eigenvalue weighted by molar-refractivity contribution is -0.137. The number of aliphatic hydroxyl groups is 1. The van der Waals surface area contributed by atoms with Crippen LogP contribution in [0.4, 0.5) is 0 Å². The van der Waals surface area contributed by atoms with E-state index >= 15 is 0 Å². The topological polar surface area (TPSA) is 70.1 Å². The van der Waals surface area contributed by atoms with Crippen molar-refractivity contribution in [1.29, 1.82) is 0 Å². The summed E-state index contributed by atoms with van der Waals surface area (Å²) >= 11 is 0. The van der Waals surface area contributed by atoms with Crippen LogP contribution in [-0.4, -0.2) is 34.5 Å². The fraction of sp³-hybridized carbons (Fsp3) is 0.750. The first kappa shape index (κ1) is 20.9. The molecule has 3 atom stereocenters. The lowest BCUT2D eigenvalue weighted by Crippen LogP contribution is -2.13. The fourth-order valence-corrected chi connectivity index (χ4v) is 2.74. The fourth-order valence-electron chi connectivity index (χ4n) is 2.74. The van der Waals surface area contributed by atoms with Crippen LogP contribution in [0.15, 0.2) is 24.3 Å². The Labute approximate surface area is 146 Å². The van der Waals surface area contributed by atoms with E-state index in [0.717, 1.165) is 44.9 Å². The molecule has 0 bridgehead atoms. The monoisotopic (exact) mass is 338 g/mol. The molecule has 3 unspecified atom stereocenters. The van der Waals surface area contributed by atoms with Crippen LogP contribution >= 0.6 is 0 Å². The van der Waals surface area contributed by atoms with Gasteiger partial charge in [0.15, 0.2) is 0 Å². The predicted octanol–water partition coefficient (Wildman–Crippen LogP) is 4.62. The van der Waals surface area contributed by atoms with Crippen molar-refractivity contribution in [1.82, 2.24) is 0 Å². The Kier molecular flexibility index (Phi) is 11.5. The van der Waals surface area contributed by atoms with Crippen LogP contribution in [0, 0.1) is 0 Å². The molecular weight excluding hydrogens is 304 g/mol. The van der Waals surface area contributed by atoms with E-state index in [1.54, 1.807) is 0 Å². The van der Waals surface area contributed by atoms with Gasteiger partial charge in [-0.15, -0.1) is 0 Å². The van der Waals surface area contributed by atoms with Crippen molar-refractivity contribution in [3.8, 4) is 0 Å². The summed E-state index contributed by atoms with van der Waals surface area (Å²) in [5.41, 5.74) is 0. The van der Waals surface area contributed by atoms with Crippen molar-refractivity contribution in [2.75, 3.05) is 0 Å². The van der Waals surface area contributed by atoms with Gasteiger partial charge in [0, 0.05) is 6.42 Å². The molecule has 1 fully saturated rings. The van der Waals surface area contributed by atoms with Crippen LogP contribution in [0.2, 0.25) is 0 Å². The van der Waals surface area contributed by atoms with Crippen molar-refractivity contribution >= 4 is 5.97 Å². The maximum absolute atomic E-state index is 10.4. The lowest BCUT2D eigenvalue weighted by Gasteiger charge is -2.00. The van der Waals surface area contributed by atoms with Gasteiger partial charge in [-0.25, -0.2) is 0 Å². The molecule has 1 heterocycles. The molecule has 0 saturated carbocycles. The highest BCUT2D eigenvalue weighted by atomic mass is 16.6. The summed E-state index contributed by atoms with van der Waals surface area (Å²) in [7, 11) is 0. The molecule has 2 N–H and O–H groups in total. The highest BCUT2D eigenvalue weighted by Gasteiger charge is 2.42. The number of allylic oxidation sites excluding steroid dienone is 2. The molecule has 0 aromatic heterocycles. The van der Waals surface area contributed by atoms with E-state index in [4.69, 9.17) is 9.84 Å². The SMILES string of the molecule is CCCCCC=CCC1OC1C(O)C=CCCCCCCC(=O)O. The maximum atomic E-state index is 10.4. The average molecular weight is 338 g/mol. The molecule has 0 aliphatic carbocycles. The number of aliphatic hydroxyl groups excluding tert-OH is 1. The third kappa shape index (κ3) is 10.6. The minimum absolute atomic E-state index is 0.0443. The number of ether oxygens (including phenoxy) is 1. The second-order valence-corrected chi connectivity index (χ2v) is 6.61. The number of unbranched alkanes of at least 4 members (excludes halogenated alkanes) is 7. The van der Waals surface area contributed by atoms with Crippen LogP contribution in [-0.2, 0) is 9.53 Å². The second kappa shape index (κ2) is 13.2. The van der Waals surface area contributed by atoms with Gasteiger partial charge in [-0.3, -0.25) is 4.79 Å². The zero-order valence-electron chi connectivity index (χ0n) is 15.0. The normalized spacial score (nSPS) is 21.6. The first-order valence-corrected chi connectivity index (χ1v) is 9.52. The minimum Gasteiger partial charge on any atom is -0.481 e. The van der Waals surface area contributed by atoms with Crippen molar-refractivity contribution in [2.45, 2.75) is 95.9 Å². The molecule has 4 heteroatoms. The van der Waals surface area contributed by atoms with E-state index in [1.165, 1.54) is 19.3 Å². The molecule has 0 radical (unpaired) electrons. The van der Waals surface area contributed by atoms with Crippen LogP contribution in [0.3, 0.4) is 0 Å². The second-order valence-electron chi connectivity index (χ2n) is 6.61. The first-order chi connectivity index (χ1) is 11.6. The third-order valence-corrected chi connectivity index (χ3v) is 4.31. The van der Waals surface area contributed by atoms with Gasteiger partial charge in [-0.05, 0) is 38.5 Å². The molecule has 0 spiro atoms. The Morgan fingerprint density at radius 1 is 1.04 bits per heavy atom. The molecule has 1 rings (SSSR count). The van der Waals surface area contributed by atoms with Gasteiger partial charge in [0.05, 0.1) is 6.10 Å². The van der Waals surface area contributed by atoms with Gasteiger partial charge in [-0.2, -0.15) is 0 Å². The Bertz CT molecular complexity index is 389. The zero-order valence-corrected chi connectivity index (χ0v) is 15.0. The lowest BCUT2D eigenvalue weighted by atomic mass is 10.1. The van der Waals surface area contributed by atoms with Crippen molar-refractivity contribution in [3.05, 3.63) is 24.3 Å². The number of carboxylic acid groups (broad SMARTS) is 1. The quantitative estimate of drug-likeness (QED) is 0.260. The van der Waals surface area contributed by atoms with Gasteiger partial charge >= 0.3 is 5.97 Å². The van der Waals surface area contributed by atoms with Gasteiger partial charge in [0.2, 0.25) is 0 Å². The molecule has 0 aromatic rings. The van der Waals surface area contributed by atoms with E-state index in [9.17, 15) is 9.90 Å². The summed E-state index contributed by atoms with van der Waals surface area (Å²) in [5, 5.41) is 18.6. The van der Waals surface area contributed by atoms with Crippen LogP contribution in [0.1, 0.15) is 77.6 Å². The summed E-state index contributed by atoms with van der Waals surface area (Å²) in [5.74, 6) is -0.715. The van der Waals surface area contributed by atoms with Crippen LogP contribution in [0.25, 0.3) is 0 Å². The standard InChI is InChI=1S/C20H34O4/c1-2-3-4-5-9-12-15-18-20(24-18)17(21)14-11-8-6-7-10-13-16-19(22)23/h9,11-12,14,17-18,20-21H,2-8,10,13,15-16H2,1H3,(H,22,23). The number of hydrogen-bond acceptors (Lipinski definition) is 3. The van der Waals surface area contributed by atoms with Gasteiger partial charge in [-0.1, -0.05) is 56.9 Å². The molecular formula is C20H34O4. The number of epoxide rings is 1. The largest absolute Gasteiger partial charge is 0.481 e. The molecule has 1 aliphatic rings. The van der Waals surface area contributed by atoms with E-state index in [2.05, 4.69) is 19.1 Å². The van der Waals surface area contributed by atoms with E-state index < -0.39 is 12.1 Å². The Hall–Kier alpha value is -1.13. The van der Waals surface area contributed by atoms with Crippen molar-refractivity contribution in [3.63, 3.8) is 0 Å². The summed E-state index contributed by atoms with van der Waals surface area (Å²) < 4.78 is 5.53. The Balaban J connectivity index is 1.98. The summed E-state index contributed by atoms with van der Waals surface area (Å²) in [6.45, 7) is 2.21. The van der Waals surface area contributed by atoms with Crippen LogP contribution < -0.4 is 0 Å². The summed E-state index contributed by atoms with van der Waals surface area (Å²) in [6.07, 6.45) is 18.7. The molecule has 1 aliphatic heterocycles. The molecule has 1 saturated heterocycles. The maximum Gasteiger partial charge on any atom is 0.303 e. The van der Waals surface area contributed by atoms with Crippen molar-refractivity contribution in [2.24, 2.45) is 0 Å². The highest BCUT2D eigenvalue weighted by Crippen LogP contribution is 2.29. The van der Waals surface area contributed by atoms with E-state index in [-0.39, 0.29) is 18.6 Å². The van der Waals surface area contributed by atoms with Crippen molar-refractivity contribution < 1.29 is 19.7 Å². The molecule has 24 heavy (non-hydrogen) atoms. The summed E-state index contributed by atoms with van der Waals surface area (Å²) in [4.78, 5) is 10.4. The smallest absolute Gasteiger partial charge is 0.303 e. The summed E-state index contributed by atoms with van der Waals surface area (Å²) in [6, 6.07) is 0. The number of carboxylic acids is 1. The third-order valence-electron chi connectivity index (χ3n) is 4.31. The van der Waals surface area contributed by atoms with Crippen LogP contribution in [0.5, 0.6) is 0 Å². The number of carbonyl (C=O) groups is 1. The zero-order chi connectivity index (χ0) is 17.6. The minimum atomic E-state index is -0.715. The number of aliphatic carboxylic acids is 1. The number of rotatable bonds is 15. The Morgan fingerprint density at radius 3 is 2.50 bits per heavy atom. The van der Waals surface area contributed by atoms with Gasteiger partial charge in [0.25, 0.3) is 0 Å².